The number of hydrogen-bond acceptors (Lipinski definition) is 5. The monoisotopic (exact) mass is 767 g/mol. The van der Waals surface area contributed by atoms with Crippen molar-refractivity contribution in [2.45, 2.75) is 168 Å². The fourth-order valence-electron chi connectivity index (χ4n) is 15.8. The molecule has 1 aromatic heterocycles. The number of carboxylic acids is 1. The molecule has 8 rings (SSSR count). The molecule has 6 nitrogen and oxygen atoms in total. The van der Waals surface area contributed by atoms with Crippen molar-refractivity contribution in [1.82, 2.24) is 10.3 Å². The normalized spacial score (nSPS) is 42.5. The van der Waals surface area contributed by atoms with Gasteiger partial charge >= 0.3 is 5.97 Å². The summed E-state index contributed by atoms with van der Waals surface area (Å²) in [5.41, 5.74) is 3.84. The second-order valence-electron chi connectivity index (χ2n) is 21.8. The summed E-state index contributed by atoms with van der Waals surface area (Å²) in [6, 6.07) is 5.52. The van der Waals surface area contributed by atoms with Crippen LogP contribution in [0.2, 0.25) is 0 Å². The number of pyridine rings is 1. The highest BCUT2D eigenvalue weighted by molar-refractivity contribution is 5.75. The summed E-state index contributed by atoms with van der Waals surface area (Å²) < 4.78 is 5.96. The van der Waals surface area contributed by atoms with Gasteiger partial charge in [-0.1, -0.05) is 84.3 Å². The lowest BCUT2D eigenvalue weighted by Gasteiger charge is -2.72. The molecule has 308 valence electrons. The van der Waals surface area contributed by atoms with Gasteiger partial charge in [-0.2, -0.15) is 0 Å². The molecule has 5 fully saturated rings. The molecule has 0 bridgehead atoms. The van der Waals surface area contributed by atoms with Crippen LogP contribution in [-0.2, 0) is 4.79 Å². The molecule has 7 aliphatic carbocycles. The van der Waals surface area contributed by atoms with Gasteiger partial charge in [-0.15, -0.1) is 0 Å². The van der Waals surface area contributed by atoms with E-state index >= 15 is 0 Å². The van der Waals surface area contributed by atoms with Gasteiger partial charge in [-0.05, 0) is 178 Å². The van der Waals surface area contributed by atoms with Gasteiger partial charge in [0.1, 0.15) is 12.0 Å². The Bertz CT molecular complexity index is 1730. The minimum atomic E-state index is -0.929. The van der Waals surface area contributed by atoms with E-state index in [-0.39, 0.29) is 33.8 Å². The van der Waals surface area contributed by atoms with Gasteiger partial charge in [0.25, 0.3) is 0 Å². The number of rotatable bonds is 10. The Balaban J connectivity index is 1.02. The van der Waals surface area contributed by atoms with Crippen LogP contribution in [0.3, 0.4) is 0 Å². The number of nitrogens with one attached hydrogen (secondary N) is 1. The van der Waals surface area contributed by atoms with Crippen LogP contribution in [0.15, 0.2) is 59.8 Å². The third-order valence-electron chi connectivity index (χ3n) is 19.0. The molecule has 0 aliphatic heterocycles. The molecule has 5 saturated carbocycles. The number of allylic oxidation sites excluding steroid dienone is 5. The predicted molar refractivity (Wildman–Crippen MR) is 225 cm³/mol. The number of ether oxygens (including phenoxy) is 1. The lowest BCUT2D eigenvalue weighted by Crippen LogP contribution is -2.68. The second kappa shape index (κ2) is 14.4. The summed E-state index contributed by atoms with van der Waals surface area (Å²) in [7, 11) is 0. The van der Waals surface area contributed by atoms with Crippen molar-refractivity contribution in [1.29, 1.82) is 0 Å². The van der Waals surface area contributed by atoms with Crippen molar-refractivity contribution < 1.29 is 19.7 Å². The van der Waals surface area contributed by atoms with Crippen molar-refractivity contribution in [3.8, 4) is 5.88 Å². The van der Waals surface area contributed by atoms with Crippen LogP contribution in [-0.4, -0.2) is 45.5 Å². The molecule has 10 atom stereocenters. The number of fused-ring (bicyclic) bond motifs is 7. The fraction of sp³-hybridized carbons (Fsp3) is 0.760. The highest BCUT2D eigenvalue weighted by Crippen LogP contribution is 2.76. The Morgan fingerprint density at radius 1 is 0.893 bits per heavy atom. The Morgan fingerprint density at radius 2 is 1.68 bits per heavy atom. The smallest absolute Gasteiger partial charge is 0.313 e. The number of carbonyl (C=O) groups is 1. The molecule has 56 heavy (non-hydrogen) atoms. The molecule has 0 spiro atoms. The van der Waals surface area contributed by atoms with Crippen LogP contribution in [0, 0.1) is 56.7 Å². The van der Waals surface area contributed by atoms with Crippen LogP contribution in [0.4, 0.5) is 0 Å². The highest BCUT2D eigenvalue weighted by Gasteiger charge is 2.70. The van der Waals surface area contributed by atoms with Gasteiger partial charge < -0.3 is 20.3 Å². The fourth-order valence-corrected chi connectivity index (χ4v) is 15.8. The van der Waals surface area contributed by atoms with Crippen molar-refractivity contribution in [3.05, 3.63) is 59.8 Å². The van der Waals surface area contributed by atoms with Crippen molar-refractivity contribution in [2.75, 3.05) is 13.2 Å². The highest BCUT2D eigenvalue weighted by atomic mass is 16.5. The molecule has 6 heteroatoms. The van der Waals surface area contributed by atoms with Crippen LogP contribution in [0.1, 0.15) is 157 Å². The van der Waals surface area contributed by atoms with Crippen molar-refractivity contribution in [2.24, 2.45) is 56.7 Å². The third-order valence-corrected chi connectivity index (χ3v) is 19.0. The summed E-state index contributed by atoms with van der Waals surface area (Å²) in [5, 5.41) is 26.1. The SMILES string of the molecule is C=C(C)[C@@H]1CC[C@]2(NCCC3(O)CCCCC3)CC[C@]3(C)[C@H](CC[C@@H]4[C@@]5(C)CC=C(C6=CCC(COc7ccccn7)(C(=O)O)CC6)C(C)(C)[C@@H]5CC[C@]43C)[C@@H]12. The Labute approximate surface area is 338 Å². The molecule has 0 amide bonds. The molecule has 0 aromatic carbocycles. The van der Waals surface area contributed by atoms with E-state index in [0.717, 1.165) is 38.6 Å². The third kappa shape index (κ3) is 6.31. The minimum absolute atomic E-state index is 0.0239. The van der Waals surface area contributed by atoms with Gasteiger partial charge in [0.15, 0.2) is 0 Å². The van der Waals surface area contributed by atoms with Crippen molar-refractivity contribution >= 4 is 5.97 Å². The Morgan fingerprint density at radius 3 is 2.36 bits per heavy atom. The van der Waals surface area contributed by atoms with E-state index in [0.29, 0.717) is 48.3 Å². The topological polar surface area (TPSA) is 91.7 Å². The van der Waals surface area contributed by atoms with Crippen LogP contribution in [0.25, 0.3) is 0 Å². The maximum absolute atomic E-state index is 12.7. The quantitative estimate of drug-likeness (QED) is 0.205. The maximum atomic E-state index is 12.7. The number of aliphatic hydroxyl groups is 1. The maximum Gasteiger partial charge on any atom is 0.313 e. The summed E-state index contributed by atoms with van der Waals surface area (Å²) >= 11 is 0. The van der Waals surface area contributed by atoms with E-state index in [1.165, 1.54) is 87.3 Å². The number of hydrogen-bond donors (Lipinski definition) is 3. The molecule has 0 saturated heterocycles. The lowest BCUT2D eigenvalue weighted by molar-refractivity contribution is -0.221. The van der Waals surface area contributed by atoms with Gasteiger partial charge in [0, 0.05) is 17.8 Å². The predicted octanol–water partition coefficient (Wildman–Crippen LogP) is 11.3. The number of aliphatic carboxylic acids is 1. The lowest BCUT2D eigenvalue weighted by atomic mass is 9.33. The molecule has 1 heterocycles. The van der Waals surface area contributed by atoms with Crippen LogP contribution >= 0.6 is 0 Å². The van der Waals surface area contributed by atoms with Crippen LogP contribution < -0.4 is 10.1 Å². The molecular formula is C50H74N2O4. The first-order valence-electron chi connectivity index (χ1n) is 22.8. The Kier molecular flexibility index (Phi) is 10.4. The van der Waals surface area contributed by atoms with E-state index in [2.05, 4.69) is 70.6 Å². The zero-order valence-corrected chi connectivity index (χ0v) is 35.9. The molecule has 3 N–H and O–H groups in total. The summed E-state index contributed by atoms with van der Waals surface area (Å²) in [4.78, 5) is 17.0. The zero-order chi connectivity index (χ0) is 39.8. The molecular weight excluding hydrogens is 693 g/mol. The van der Waals surface area contributed by atoms with Gasteiger partial charge in [0.05, 0.1) is 5.60 Å². The van der Waals surface area contributed by atoms with E-state index in [1.807, 2.05) is 12.1 Å². The van der Waals surface area contributed by atoms with Crippen LogP contribution in [0.5, 0.6) is 5.88 Å². The Hall–Kier alpha value is -2.44. The minimum Gasteiger partial charge on any atom is -0.481 e. The molecule has 1 aromatic rings. The first kappa shape index (κ1) is 40.3. The van der Waals surface area contributed by atoms with Crippen molar-refractivity contribution in [3.63, 3.8) is 0 Å². The van der Waals surface area contributed by atoms with Gasteiger partial charge in [0.2, 0.25) is 5.88 Å². The summed E-state index contributed by atoms with van der Waals surface area (Å²) in [6.07, 6.45) is 26.2. The molecule has 1 unspecified atom stereocenters. The average Bonchev–Trinajstić information content (AvgIpc) is 3.55. The van der Waals surface area contributed by atoms with E-state index in [1.54, 1.807) is 12.3 Å². The van der Waals surface area contributed by atoms with E-state index in [4.69, 9.17) is 4.74 Å². The average molecular weight is 767 g/mol. The largest absolute Gasteiger partial charge is 0.481 e. The van der Waals surface area contributed by atoms with Gasteiger partial charge in [-0.3, -0.25) is 4.79 Å². The number of carboxylic acid groups (broad SMARTS) is 1. The summed E-state index contributed by atoms with van der Waals surface area (Å²) in [6.45, 7) is 21.2. The molecule has 7 aliphatic rings. The molecule has 0 radical (unpaired) electrons. The number of nitrogens with zero attached hydrogens (tertiary/aromatic N) is 1. The second-order valence-corrected chi connectivity index (χ2v) is 21.8. The first-order chi connectivity index (χ1) is 26.5. The van der Waals surface area contributed by atoms with Gasteiger partial charge in [-0.25, -0.2) is 4.98 Å². The summed E-state index contributed by atoms with van der Waals surface area (Å²) in [5.74, 6) is 2.89. The zero-order valence-electron chi connectivity index (χ0n) is 35.9. The number of aromatic nitrogens is 1. The standard InChI is InChI=1S/C50H74N2O4/c1-34(2)36-18-27-50(52-32-30-49(55)21-10-8-11-22-49)29-28-46(6)38(42(36)50)14-15-40-45(5)23-19-37(44(3,4)39(45)20-24-47(40,46)7)35-16-25-48(26-17-35,43(53)54)33-56-41-13-9-12-31-51-41/h9,12-13,16,19,31,36,38-40,42,52,55H,1,8,10-11,14-15,17-18,20-30,32-33H2,2-7H3,(H,53,54)/t36-,38+,39-,40+,42+,45-,46+,47+,48?,50-/m0/s1. The van der Waals surface area contributed by atoms with E-state index in [9.17, 15) is 15.0 Å². The first-order valence-corrected chi connectivity index (χ1v) is 22.8. The van der Waals surface area contributed by atoms with E-state index < -0.39 is 17.0 Å².